The van der Waals surface area contributed by atoms with Crippen LogP contribution in [0.2, 0.25) is 0 Å². The molecule has 4 rings (SSSR count). The molecule has 2 aromatic carbocycles. The normalized spacial score (nSPS) is 10.9. The fourth-order valence-corrected chi connectivity index (χ4v) is 4.27. The third-order valence-corrected chi connectivity index (χ3v) is 5.73. The van der Waals surface area contributed by atoms with Crippen LogP contribution < -0.4 is 15.6 Å². The molecule has 0 aliphatic carbocycles. The molecule has 1 N–H and O–H groups in total. The smallest absolute Gasteiger partial charge is 0.262 e. The minimum absolute atomic E-state index is 0.0999. The zero-order valence-electron chi connectivity index (χ0n) is 16.7. The number of nitrogens with zero attached hydrogens (tertiary/aromatic N) is 2. The van der Waals surface area contributed by atoms with E-state index in [9.17, 15) is 9.59 Å². The highest BCUT2D eigenvalue weighted by molar-refractivity contribution is 7.21. The minimum Gasteiger partial charge on any atom is -0.494 e. The van der Waals surface area contributed by atoms with Gasteiger partial charge >= 0.3 is 0 Å². The Kier molecular flexibility index (Phi) is 5.63. The Bertz CT molecular complexity index is 1240. The average Bonchev–Trinajstić information content (AvgIpc) is 3.17. The maximum atomic E-state index is 13.0. The molecular formula is C23H21N3O3S. The molecule has 4 aromatic rings. The van der Waals surface area contributed by atoms with Crippen molar-refractivity contribution in [1.82, 2.24) is 9.55 Å². The average molecular weight is 420 g/mol. The second-order valence-electron chi connectivity index (χ2n) is 6.75. The summed E-state index contributed by atoms with van der Waals surface area (Å²) in [5.41, 5.74) is 1.47. The SMILES string of the molecule is CCOc1ccc(NC(=O)Cn2c(C)nc3sc(-c4ccccc4)cc3c2=O)cc1. The summed E-state index contributed by atoms with van der Waals surface area (Å²) in [6, 6.07) is 18.8. The van der Waals surface area contributed by atoms with Crippen molar-refractivity contribution in [2.75, 3.05) is 11.9 Å². The molecule has 7 heteroatoms. The number of carbonyl (C=O) groups excluding carboxylic acids is 1. The van der Waals surface area contributed by atoms with Crippen LogP contribution in [0.3, 0.4) is 0 Å². The third kappa shape index (κ3) is 4.11. The van der Waals surface area contributed by atoms with Gasteiger partial charge in [-0.3, -0.25) is 14.2 Å². The monoisotopic (exact) mass is 419 g/mol. The Morgan fingerprint density at radius 3 is 2.57 bits per heavy atom. The van der Waals surface area contributed by atoms with Crippen molar-refractivity contribution in [2.24, 2.45) is 0 Å². The predicted octanol–water partition coefficient (Wildman–Crippen LogP) is 4.47. The quantitative estimate of drug-likeness (QED) is 0.500. The van der Waals surface area contributed by atoms with Crippen LogP contribution in [-0.2, 0) is 11.3 Å². The number of anilines is 1. The number of aromatic nitrogens is 2. The van der Waals surface area contributed by atoms with Crippen LogP contribution in [-0.4, -0.2) is 22.1 Å². The number of nitrogens with one attached hydrogen (secondary N) is 1. The predicted molar refractivity (Wildman–Crippen MR) is 120 cm³/mol. The summed E-state index contributed by atoms with van der Waals surface area (Å²) in [6.45, 7) is 4.14. The molecule has 30 heavy (non-hydrogen) atoms. The van der Waals surface area contributed by atoms with Crippen LogP contribution in [0.1, 0.15) is 12.7 Å². The number of amides is 1. The molecular weight excluding hydrogens is 398 g/mol. The van der Waals surface area contributed by atoms with Crippen molar-refractivity contribution in [3.8, 4) is 16.2 Å². The molecule has 2 heterocycles. The van der Waals surface area contributed by atoms with Crippen molar-refractivity contribution in [2.45, 2.75) is 20.4 Å². The molecule has 2 aromatic heterocycles. The molecule has 0 saturated heterocycles. The lowest BCUT2D eigenvalue weighted by Crippen LogP contribution is -2.29. The van der Waals surface area contributed by atoms with Gasteiger partial charge in [0.2, 0.25) is 5.91 Å². The van der Waals surface area contributed by atoms with Crippen LogP contribution in [0.5, 0.6) is 5.75 Å². The molecule has 0 unspecified atom stereocenters. The standard InChI is InChI=1S/C23H21N3O3S/c1-3-29-18-11-9-17(10-12-18)25-21(27)14-26-15(2)24-22-19(23(26)28)13-20(30-22)16-7-5-4-6-8-16/h4-13H,3,14H2,1-2H3,(H,25,27). The second-order valence-corrected chi connectivity index (χ2v) is 7.78. The third-order valence-electron chi connectivity index (χ3n) is 4.65. The van der Waals surface area contributed by atoms with Crippen LogP contribution >= 0.6 is 11.3 Å². The first-order chi connectivity index (χ1) is 14.5. The van der Waals surface area contributed by atoms with Crippen molar-refractivity contribution >= 4 is 33.1 Å². The van der Waals surface area contributed by atoms with Gasteiger partial charge < -0.3 is 10.1 Å². The number of ether oxygens (including phenoxy) is 1. The van der Waals surface area contributed by atoms with Crippen LogP contribution in [0.25, 0.3) is 20.7 Å². The van der Waals surface area contributed by atoms with Gasteiger partial charge in [0.15, 0.2) is 0 Å². The van der Waals surface area contributed by atoms with Crippen molar-refractivity contribution in [3.05, 3.63) is 76.8 Å². The second kappa shape index (κ2) is 8.51. The Hall–Kier alpha value is -3.45. The van der Waals surface area contributed by atoms with E-state index in [2.05, 4.69) is 10.3 Å². The highest BCUT2D eigenvalue weighted by Gasteiger charge is 2.15. The number of fused-ring (bicyclic) bond motifs is 1. The van der Waals surface area contributed by atoms with Gasteiger partial charge in [0.25, 0.3) is 5.56 Å². The Morgan fingerprint density at radius 1 is 1.13 bits per heavy atom. The number of benzene rings is 2. The highest BCUT2D eigenvalue weighted by atomic mass is 32.1. The summed E-state index contributed by atoms with van der Waals surface area (Å²) in [6.07, 6.45) is 0. The van der Waals surface area contributed by atoms with Gasteiger partial charge in [0.05, 0.1) is 12.0 Å². The molecule has 0 spiro atoms. The maximum absolute atomic E-state index is 13.0. The summed E-state index contributed by atoms with van der Waals surface area (Å²) in [5, 5.41) is 3.34. The largest absolute Gasteiger partial charge is 0.494 e. The zero-order chi connectivity index (χ0) is 21.1. The zero-order valence-corrected chi connectivity index (χ0v) is 17.5. The summed E-state index contributed by atoms with van der Waals surface area (Å²) < 4.78 is 6.81. The van der Waals surface area contributed by atoms with Gasteiger partial charge in [0, 0.05) is 10.6 Å². The first kappa shape index (κ1) is 19.8. The number of hydrogen-bond donors (Lipinski definition) is 1. The number of rotatable bonds is 6. The van der Waals surface area contributed by atoms with Gasteiger partial charge in [-0.1, -0.05) is 30.3 Å². The van der Waals surface area contributed by atoms with Crippen molar-refractivity contribution in [3.63, 3.8) is 0 Å². The topological polar surface area (TPSA) is 73.2 Å². The Balaban J connectivity index is 1.57. The highest BCUT2D eigenvalue weighted by Crippen LogP contribution is 2.30. The Labute approximate surface area is 177 Å². The molecule has 0 fully saturated rings. The summed E-state index contributed by atoms with van der Waals surface area (Å²) in [5.74, 6) is 0.962. The number of thiophene rings is 1. The number of hydrogen-bond acceptors (Lipinski definition) is 5. The van der Waals surface area contributed by atoms with E-state index in [0.29, 0.717) is 28.3 Å². The fraction of sp³-hybridized carbons (Fsp3) is 0.174. The molecule has 1 amide bonds. The molecule has 0 atom stereocenters. The van der Waals surface area contributed by atoms with E-state index >= 15 is 0 Å². The summed E-state index contributed by atoms with van der Waals surface area (Å²) in [4.78, 5) is 31.8. The summed E-state index contributed by atoms with van der Waals surface area (Å²) in [7, 11) is 0. The van der Waals surface area contributed by atoms with Crippen molar-refractivity contribution < 1.29 is 9.53 Å². The number of aryl methyl sites for hydroxylation is 1. The first-order valence-corrected chi connectivity index (χ1v) is 10.5. The van der Waals surface area contributed by atoms with E-state index in [1.165, 1.54) is 15.9 Å². The van der Waals surface area contributed by atoms with Crippen LogP contribution in [0, 0.1) is 6.92 Å². The van der Waals surface area contributed by atoms with E-state index in [-0.39, 0.29) is 18.0 Å². The first-order valence-electron chi connectivity index (χ1n) is 9.64. The van der Waals surface area contributed by atoms with Crippen molar-refractivity contribution in [1.29, 1.82) is 0 Å². The Morgan fingerprint density at radius 2 is 1.87 bits per heavy atom. The molecule has 0 saturated carbocycles. The molecule has 0 aliphatic rings. The molecule has 0 bridgehead atoms. The fourth-order valence-electron chi connectivity index (χ4n) is 3.19. The summed E-state index contributed by atoms with van der Waals surface area (Å²) >= 11 is 1.48. The molecule has 0 aliphatic heterocycles. The maximum Gasteiger partial charge on any atom is 0.262 e. The van der Waals surface area contributed by atoms with Gasteiger partial charge in [0.1, 0.15) is 22.9 Å². The lowest BCUT2D eigenvalue weighted by molar-refractivity contribution is -0.116. The van der Waals surface area contributed by atoms with E-state index in [4.69, 9.17) is 4.74 Å². The van der Waals surface area contributed by atoms with Crippen LogP contribution in [0.4, 0.5) is 5.69 Å². The molecule has 6 nitrogen and oxygen atoms in total. The lowest BCUT2D eigenvalue weighted by Gasteiger charge is -2.10. The molecule has 0 radical (unpaired) electrons. The van der Waals surface area contributed by atoms with E-state index in [1.54, 1.807) is 31.2 Å². The van der Waals surface area contributed by atoms with E-state index in [0.717, 1.165) is 16.2 Å². The van der Waals surface area contributed by atoms with Gasteiger partial charge in [-0.15, -0.1) is 11.3 Å². The molecule has 152 valence electrons. The van der Waals surface area contributed by atoms with E-state index < -0.39 is 0 Å². The van der Waals surface area contributed by atoms with Crippen LogP contribution in [0.15, 0.2) is 65.5 Å². The van der Waals surface area contributed by atoms with Gasteiger partial charge in [-0.2, -0.15) is 0 Å². The minimum atomic E-state index is -0.288. The van der Waals surface area contributed by atoms with Gasteiger partial charge in [-0.25, -0.2) is 4.98 Å². The van der Waals surface area contributed by atoms with E-state index in [1.807, 2.05) is 43.3 Å². The van der Waals surface area contributed by atoms with Gasteiger partial charge in [-0.05, 0) is 49.7 Å². The lowest BCUT2D eigenvalue weighted by atomic mass is 10.2. The number of carbonyl (C=O) groups is 1.